The third-order valence-corrected chi connectivity index (χ3v) is 4.63. The van der Waals surface area contributed by atoms with E-state index in [2.05, 4.69) is 99.3 Å². The van der Waals surface area contributed by atoms with Gasteiger partial charge in [0.05, 0.1) is 0 Å². The third-order valence-electron chi connectivity index (χ3n) is 4.63. The summed E-state index contributed by atoms with van der Waals surface area (Å²) in [7, 11) is 0. The maximum Gasteiger partial charge on any atom is 0.0496 e. The molecule has 3 aromatic rings. The van der Waals surface area contributed by atoms with E-state index in [1.54, 1.807) is 0 Å². The average Bonchev–Trinajstić information content (AvgIpc) is 2.66. The summed E-state index contributed by atoms with van der Waals surface area (Å²) in [5.74, 6) is 7.05. The van der Waals surface area contributed by atoms with Crippen LogP contribution in [0.1, 0.15) is 48.9 Å². The van der Waals surface area contributed by atoms with Gasteiger partial charge in [-0.3, -0.25) is 0 Å². The molecule has 0 heteroatoms. The van der Waals surface area contributed by atoms with Gasteiger partial charge in [0.15, 0.2) is 0 Å². The molecule has 0 bridgehead atoms. The van der Waals surface area contributed by atoms with Gasteiger partial charge in [-0.25, -0.2) is 0 Å². The second-order valence-electron chi connectivity index (χ2n) is 7.75. The van der Waals surface area contributed by atoms with Gasteiger partial charge in [0.1, 0.15) is 0 Å². The van der Waals surface area contributed by atoms with E-state index in [0.717, 1.165) is 12.0 Å². The Morgan fingerprint density at radius 1 is 0.731 bits per heavy atom. The fraction of sp³-hybridized carbons (Fsp3) is 0.231. The molecule has 3 aromatic carbocycles. The van der Waals surface area contributed by atoms with Crippen LogP contribution in [0.3, 0.4) is 0 Å². The highest BCUT2D eigenvalue weighted by Gasteiger charge is 2.15. The van der Waals surface area contributed by atoms with Crippen molar-refractivity contribution in [2.24, 2.45) is 0 Å². The van der Waals surface area contributed by atoms with Crippen LogP contribution >= 0.6 is 0 Å². The molecule has 0 radical (unpaired) electrons. The van der Waals surface area contributed by atoms with Crippen molar-refractivity contribution < 1.29 is 0 Å². The molecule has 0 N–H and O–H groups in total. The standard InChI is InChI=1S/C26H26/c1-26(2,3)25-18-16-23(17-19-25)24(20-22-12-8-5-9-13-22)15-14-21-10-6-4-7-11-21/h4-13,16-19,24H,20H2,1-3H3/t24-/m1/s1. The summed E-state index contributed by atoms with van der Waals surface area (Å²) in [6, 6.07) is 29.8. The highest BCUT2D eigenvalue weighted by molar-refractivity contribution is 5.40. The minimum absolute atomic E-state index is 0.170. The molecule has 0 aliphatic heterocycles. The van der Waals surface area contributed by atoms with Gasteiger partial charge in [0.25, 0.3) is 0 Å². The molecule has 0 aliphatic carbocycles. The molecule has 0 fully saturated rings. The molecule has 0 saturated heterocycles. The van der Waals surface area contributed by atoms with Crippen molar-refractivity contribution in [3.63, 3.8) is 0 Å². The van der Waals surface area contributed by atoms with Gasteiger partial charge in [-0.1, -0.05) is 105 Å². The number of benzene rings is 3. The number of hydrogen-bond donors (Lipinski definition) is 0. The Bertz CT molecular complexity index is 870. The Morgan fingerprint density at radius 2 is 1.31 bits per heavy atom. The van der Waals surface area contributed by atoms with E-state index in [1.807, 2.05) is 18.2 Å². The first-order chi connectivity index (χ1) is 12.5. The van der Waals surface area contributed by atoms with E-state index >= 15 is 0 Å². The minimum Gasteiger partial charge on any atom is -0.0893 e. The van der Waals surface area contributed by atoms with Crippen molar-refractivity contribution in [3.8, 4) is 11.8 Å². The molecule has 0 spiro atoms. The van der Waals surface area contributed by atoms with Crippen molar-refractivity contribution in [3.05, 3.63) is 107 Å². The van der Waals surface area contributed by atoms with Crippen LogP contribution in [-0.2, 0) is 11.8 Å². The van der Waals surface area contributed by atoms with Gasteiger partial charge in [-0.05, 0) is 40.7 Å². The van der Waals surface area contributed by atoms with Crippen molar-refractivity contribution in [1.29, 1.82) is 0 Å². The summed E-state index contributed by atoms with van der Waals surface area (Å²) in [5, 5.41) is 0. The monoisotopic (exact) mass is 338 g/mol. The van der Waals surface area contributed by atoms with Gasteiger partial charge in [0.2, 0.25) is 0 Å². The number of rotatable bonds is 3. The molecule has 26 heavy (non-hydrogen) atoms. The first-order valence-corrected chi connectivity index (χ1v) is 9.23. The van der Waals surface area contributed by atoms with Gasteiger partial charge < -0.3 is 0 Å². The fourth-order valence-corrected chi connectivity index (χ4v) is 3.01. The molecule has 0 saturated carbocycles. The Kier molecular flexibility index (Phi) is 5.59. The van der Waals surface area contributed by atoms with Gasteiger partial charge in [0, 0.05) is 11.5 Å². The Morgan fingerprint density at radius 3 is 1.88 bits per heavy atom. The summed E-state index contributed by atoms with van der Waals surface area (Å²) in [6.07, 6.45) is 0.926. The molecule has 1 atom stereocenters. The summed E-state index contributed by atoms with van der Waals surface area (Å²) in [5.41, 5.74) is 5.20. The lowest BCUT2D eigenvalue weighted by Crippen LogP contribution is -2.11. The van der Waals surface area contributed by atoms with Crippen molar-refractivity contribution in [2.75, 3.05) is 0 Å². The number of hydrogen-bond acceptors (Lipinski definition) is 0. The first kappa shape index (κ1) is 18.0. The molecule has 0 unspecified atom stereocenters. The van der Waals surface area contributed by atoms with Gasteiger partial charge in [-0.15, -0.1) is 0 Å². The van der Waals surface area contributed by atoms with E-state index in [4.69, 9.17) is 0 Å². The van der Waals surface area contributed by atoms with E-state index in [-0.39, 0.29) is 11.3 Å². The maximum atomic E-state index is 3.51. The summed E-state index contributed by atoms with van der Waals surface area (Å²) in [4.78, 5) is 0. The normalized spacial score (nSPS) is 12.1. The zero-order valence-corrected chi connectivity index (χ0v) is 15.9. The molecular weight excluding hydrogens is 312 g/mol. The van der Waals surface area contributed by atoms with Crippen LogP contribution in [0.15, 0.2) is 84.9 Å². The highest BCUT2D eigenvalue weighted by Crippen LogP contribution is 2.26. The third kappa shape index (κ3) is 4.87. The molecule has 0 heterocycles. The van der Waals surface area contributed by atoms with Crippen LogP contribution < -0.4 is 0 Å². The molecule has 0 nitrogen and oxygen atoms in total. The molecule has 0 amide bonds. The first-order valence-electron chi connectivity index (χ1n) is 9.23. The fourth-order valence-electron chi connectivity index (χ4n) is 3.01. The summed E-state index contributed by atoms with van der Waals surface area (Å²) < 4.78 is 0. The second kappa shape index (κ2) is 8.07. The van der Waals surface area contributed by atoms with E-state index in [1.165, 1.54) is 16.7 Å². The quantitative estimate of drug-likeness (QED) is 0.487. The smallest absolute Gasteiger partial charge is 0.0496 e. The predicted octanol–water partition coefficient (Wildman–Crippen LogP) is 6.36. The maximum absolute atomic E-state index is 3.51. The Balaban J connectivity index is 1.91. The lowest BCUT2D eigenvalue weighted by atomic mass is 9.84. The van der Waals surface area contributed by atoms with Gasteiger partial charge >= 0.3 is 0 Å². The van der Waals surface area contributed by atoms with Crippen LogP contribution in [0.25, 0.3) is 0 Å². The zero-order chi connectivity index (χ0) is 18.4. The van der Waals surface area contributed by atoms with E-state index in [0.29, 0.717) is 0 Å². The lowest BCUT2D eigenvalue weighted by Gasteiger charge is -2.20. The molecule has 0 aliphatic rings. The van der Waals surface area contributed by atoms with Crippen molar-refractivity contribution in [1.82, 2.24) is 0 Å². The van der Waals surface area contributed by atoms with Crippen LogP contribution in [0.5, 0.6) is 0 Å². The summed E-state index contributed by atoms with van der Waals surface area (Å²) in [6.45, 7) is 6.75. The molecule has 3 rings (SSSR count). The second-order valence-corrected chi connectivity index (χ2v) is 7.75. The minimum atomic E-state index is 0.170. The Labute approximate surface area is 157 Å². The highest BCUT2D eigenvalue weighted by atomic mass is 14.2. The average molecular weight is 338 g/mol. The predicted molar refractivity (Wildman–Crippen MR) is 111 cm³/mol. The topological polar surface area (TPSA) is 0 Å². The van der Waals surface area contributed by atoms with Crippen LogP contribution in [0, 0.1) is 11.8 Å². The van der Waals surface area contributed by atoms with Crippen LogP contribution in [0.2, 0.25) is 0 Å². The SMILES string of the molecule is CC(C)(C)c1ccc([C@H](C#Cc2ccccc2)Cc2ccccc2)cc1. The van der Waals surface area contributed by atoms with Gasteiger partial charge in [-0.2, -0.15) is 0 Å². The van der Waals surface area contributed by atoms with Crippen LogP contribution in [-0.4, -0.2) is 0 Å². The summed E-state index contributed by atoms with van der Waals surface area (Å²) >= 11 is 0. The zero-order valence-electron chi connectivity index (χ0n) is 15.9. The van der Waals surface area contributed by atoms with Crippen molar-refractivity contribution >= 4 is 0 Å². The van der Waals surface area contributed by atoms with E-state index < -0.39 is 0 Å². The lowest BCUT2D eigenvalue weighted by molar-refractivity contribution is 0.590. The molecular formula is C26H26. The molecule has 130 valence electrons. The van der Waals surface area contributed by atoms with Crippen LogP contribution in [0.4, 0.5) is 0 Å². The Hall–Kier alpha value is -2.78. The van der Waals surface area contributed by atoms with Crippen molar-refractivity contribution in [2.45, 2.75) is 38.5 Å². The largest absolute Gasteiger partial charge is 0.0893 e. The molecule has 0 aromatic heterocycles. The van der Waals surface area contributed by atoms with E-state index in [9.17, 15) is 0 Å².